The van der Waals surface area contributed by atoms with Gasteiger partial charge >= 0.3 is 0 Å². The molecule has 3 rings (SSSR count). The van der Waals surface area contributed by atoms with E-state index >= 15 is 0 Å². The molecule has 0 aliphatic carbocycles. The molecule has 17 atom stereocenters. The van der Waals surface area contributed by atoms with Crippen molar-refractivity contribution in [3.63, 3.8) is 0 Å². The van der Waals surface area contributed by atoms with E-state index in [0.29, 0.717) is 12.8 Å². The average molecular weight is 1450 g/mol. The van der Waals surface area contributed by atoms with Crippen molar-refractivity contribution in [3.05, 3.63) is 48.6 Å². The van der Waals surface area contributed by atoms with Crippen LogP contribution in [0.4, 0.5) is 0 Å². The molecule has 0 aromatic rings. The SMILES string of the molecule is CC/C=C\C/C=C\C/C=C\C/C=C\CCCCCCCCCCCCCCCCCCCCCCCCCCC(=O)NC(COC1OC(CO)C(OC2OC(CO)C(OC3OC(CO)C(O)C(O)C3O)C(O)C2O)C(O)C1O)C(O)CCCCCCCCCCCCCCCCCCCCCC. The van der Waals surface area contributed by atoms with Crippen LogP contribution in [0.15, 0.2) is 48.6 Å². The second-order valence-electron chi connectivity index (χ2n) is 29.9. The average Bonchev–Trinajstić information content (AvgIpc) is 0.778. The molecule has 19 nitrogen and oxygen atoms in total. The zero-order valence-electron chi connectivity index (χ0n) is 64.1. The van der Waals surface area contributed by atoms with Gasteiger partial charge in [0, 0.05) is 6.42 Å². The predicted octanol–water partition coefficient (Wildman–Crippen LogP) is 14.5. The van der Waals surface area contributed by atoms with Gasteiger partial charge in [0.15, 0.2) is 18.9 Å². The van der Waals surface area contributed by atoms with E-state index in [9.17, 15) is 61.0 Å². The van der Waals surface area contributed by atoms with Crippen molar-refractivity contribution in [2.45, 2.75) is 446 Å². The highest BCUT2D eigenvalue weighted by Crippen LogP contribution is 2.33. The van der Waals surface area contributed by atoms with Crippen LogP contribution in [-0.2, 0) is 33.2 Å². The molecule has 17 unspecified atom stereocenters. The van der Waals surface area contributed by atoms with Gasteiger partial charge in [-0.25, -0.2) is 0 Å². The summed E-state index contributed by atoms with van der Waals surface area (Å²) in [5.41, 5.74) is 0. The first-order chi connectivity index (χ1) is 49.8. The van der Waals surface area contributed by atoms with Crippen molar-refractivity contribution in [1.29, 1.82) is 0 Å². The van der Waals surface area contributed by atoms with Crippen LogP contribution in [0.25, 0.3) is 0 Å². The number of aliphatic hydroxyl groups excluding tert-OH is 11. The lowest BCUT2D eigenvalue weighted by Gasteiger charge is -2.48. The van der Waals surface area contributed by atoms with Gasteiger partial charge in [-0.1, -0.05) is 332 Å². The number of allylic oxidation sites excluding steroid dienone is 8. The maximum atomic E-state index is 13.5. The number of carbonyl (C=O) groups excluding carboxylic acids is 1. The van der Waals surface area contributed by atoms with E-state index in [-0.39, 0.29) is 18.9 Å². The molecule has 0 aromatic carbocycles. The summed E-state index contributed by atoms with van der Waals surface area (Å²) in [4.78, 5) is 13.5. The van der Waals surface area contributed by atoms with E-state index in [1.54, 1.807) is 0 Å². The van der Waals surface area contributed by atoms with Crippen LogP contribution in [0, 0.1) is 0 Å². The van der Waals surface area contributed by atoms with Gasteiger partial charge in [0.2, 0.25) is 5.91 Å². The van der Waals surface area contributed by atoms with Gasteiger partial charge < -0.3 is 89.9 Å². The lowest BCUT2D eigenvalue weighted by atomic mass is 9.96. The highest BCUT2D eigenvalue weighted by atomic mass is 16.8. The maximum Gasteiger partial charge on any atom is 0.220 e. The number of carbonyl (C=O) groups is 1. The summed E-state index contributed by atoms with van der Waals surface area (Å²) in [6.07, 6.45) is 53.6. The fourth-order valence-corrected chi connectivity index (χ4v) is 14.3. The maximum absolute atomic E-state index is 13.5. The van der Waals surface area contributed by atoms with Gasteiger partial charge in [-0.15, -0.1) is 0 Å². The Bertz CT molecular complexity index is 2030. The summed E-state index contributed by atoms with van der Waals surface area (Å²) >= 11 is 0. The highest BCUT2D eigenvalue weighted by molar-refractivity contribution is 5.76. The van der Waals surface area contributed by atoms with Crippen molar-refractivity contribution in [3.8, 4) is 0 Å². The number of hydrogen-bond donors (Lipinski definition) is 12. The standard InChI is InChI=1S/C83H153NO18/c1-3-5-7-9-11-13-15-17-19-21-23-25-26-27-28-29-30-31-32-33-34-35-36-37-38-39-40-41-43-45-47-49-51-53-55-57-59-61-71(89)84-66(67(88)60-58-56-54-52-50-48-46-44-42-24-22-20-18-16-14-12-10-8-6-4-2)65-97-81-77(95)74(92)79(69(63-86)99-81)102-83-78(96)75(93)80(70(64-87)100-83)101-82-76(94)73(91)72(90)68(62-85)98-82/h5,7,11,13,17,19,23,25,66-70,72-83,85-88,90-96H,3-4,6,8-10,12,14-16,18,20-22,24,26-65H2,1-2H3,(H,84,89)/b7-5-,13-11-,19-17-,25-23-. The van der Waals surface area contributed by atoms with Gasteiger partial charge in [-0.3, -0.25) is 4.79 Å². The third kappa shape index (κ3) is 43.1. The van der Waals surface area contributed by atoms with E-state index in [4.69, 9.17) is 28.4 Å². The zero-order valence-corrected chi connectivity index (χ0v) is 64.1. The topological polar surface area (TPSA) is 307 Å². The first kappa shape index (κ1) is 94.0. The molecule has 3 saturated heterocycles. The molecule has 0 spiro atoms. The van der Waals surface area contributed by atoms with Gasteiger partial charge in [0.1, 0.15) is 73.2 Å². The van der Waals surface area contributed by atoms with E-state index < -0.39 is 124 Å². The van der Waals surface area contributed by atoms with Crippen molar-refractivity contribution in [1.82, 2.24) is 5.32 Å². The third-order valence-electron chi connectivity index (χ3n) is 20.9. The molecule has 3 heterocycles. The summed E-state index contributed by atoms with van der Waals surface area (Å²) < 4.78 is 34.5. The smallest absolute Gasteiger partial charge is 0.220 e. The Kier molecular flexibility index (Phi) is 58.6. The fraction of sp³-hybridized carbons (Fsp3) is 0.892. The molecule has 0 saturated carbocycles. The number of rotatable bonds is 67. The summed E-state index contributed by atoms with van der Waals surface area (Å²) in [5, 5.41) is 121. The third-order valence-corrected chi connectivity index (χ3v) is 20.9. The monoisotopic (exact) mass is 1450 g/mol. The molecular weight excluding hydrogens is 1300 g/mol. The number of unbranched alkanes of at least 4 members (excludes halogenated alkanes) is 43. The molecule has 19 heteroatoms. The van der Waals surface area contributed by atoms with Gasteiger partial charge in [0.25, 0.3) is 0 Å². The summed E-state index contributed by atoms with van der Waals surface area (Å²) in [7, 11) is 0. The van der Waals surface area contributed by atoms with Crippen LogP contribution in [-0.4, -0.2) is 193 Å². The minimum Gasteiger partial charge on any atom is -0.394 e. The molecule has 598 valence electrons. The zero-order chi connectivity index (χ0) is 73.9. The molecule has 0 aromatic heterocycles. The Balaban J connectivity index is 1.31. The Morgan fingerprint density at radius 1 is 0.363 bits per heavy atom. The molecule has 12 N–H and O–H groups in total. The Morgan fingerprint density at radius 3 is 1.06 bits per heavy atom. The first-order valence-electron chi connectivity index (χ1n) is 41.9. The van der Waals surface area contributed by atoms with Crippen molar-refractivity contribution in [2.75, 3.05) is 26.4 Å². The van der Waals surface area contributed by atoms with E-state index in [1.165, 1.54) is 238 Å². The van der Waals surface area contributed by atoms with Gasteiger partial charge in [0.05, 0.1) is 38.6 Å². The molecular formula is C83H153NO18. The minimum absolute atomic E-state index is 0.236. The second-order valence-corrected chi connectivity index (χ2v) is 29.9. The quantitative estimate of drug-likeness (QED) is 0.0199. The molecule has 0 bridgehead atoms. The van der Waals surface area contributed by atoms with Gasteiger partial charge in [-0.05, 0) is 51.4 Å². The van der Waals surface area contributed by atoms with Gasteiger partial charge in [-0.2, -0.15) is 0 Å². The van der Waals surface area contributed by atoms with Crippen LogP contribution in [0.2, 0.25) is 0 Å². The largest absolute Gasteiger partial charge is 0.394 e. The Labute approximate surface area is 618 Å². The van der Waals surface area contributed by atoms with Crippen molar-refractivity contribution >= 4 is 5.91 Å². The van der Waals surface area contributed by atoms with Crippen LogP contribution >= 0.6 is 0 Å². The van der Waals surface area contributed by atoms with E-state index in [1.807, 2.05) is 0 Å². The summed E-state index contributed by atoms with van der Waals surface area (Å²) in [6.45, 7) is 1.74. The lowest BCUT2D eigenvalue weighted by molar-refractivity contribution is -0.379. The van der Waals surface area contributed by atoms with Crippen molar-refractivity contribution < 1.29 is 89.4 Å². The van der Waals surface area contributed by atoms with Crippen LogP contribution in [0.5, 0.6) is 0 Å². The first-order valence-corrected chi connectivity index (χ1v) is 41.9. The number of hydrogen-bond acceptors (Lipinski definition) is 18. The number of amides is 1. The highest BCUT2D eigenvalue weighted by Gasteiger charge is 2.54. The van der Waals surface area contributed by atoms with Crippen LogP contribution in [0.3, 0.4) is 0 Å². The summed E-state index contributed by atoms with van der Waals surface area (Å²) in [5.74, 6) is -0.236. The number of aliphatic hydroxyl groups is 11. The van der Waals surface area contributed by atoms with E-state index in [0.717, 1.165) is 70.6 Å². The number of ether oxygens (including phenoxy) is 6. The molecule has 1 amide bonds. The van der Waals surface area contributed by atoms with Crippen LogP contribution in [0.1, 0.15) is 341 Å². The normalized spacial score (nSPS) is 26.4. The Morgan fingerprint density at radius 2 is 0.676 bits per heavy atom. The molecule has 3 aliphatic rings. The summed E-state index contributed by atoms with van der Waals surface area (Å²) in [6, 6.07) is -0.887. The van der Waals surface area contributed by atoms with Crippen LogP contribution < -0.4 is 5.32 Å². The molecule has 0 radical (unpaired) electrons. The fourth-order valence-electron chi connectivity index (χ4n) is 14.3. The lowest BCUT2D eigenvalue weighted by Crippen LogP contribution is -2.66. The van der Waals surface area contributed by atoms with Crippen molar-refractivity contribution in [2.24, 2.45) is 0 Å². The molecule has 3 aliphatic heterocycles. The predicted molar refractivity (Wildman–Crippen MR) is 406 cm³/mol. The Hall–Kier alpha value is -2.25. The number of nitrogens with one attached hydrogen (secondary N) is 1. The van der Waals surface area contributed by atoms with E-state index in [2.05, 4.69) is 67.8 Å². The minimum atomic E-state index is -1.97. The second kappa shape index (κ2) is 63.7. The molecule has 102 heavy (non-hydrogen) atoms. The molecule has 3 fully saturated rings.